The van der Waals surface area contributed by atoms with E-state index in [4.69, 9.17) is 8.85 Å². The van der Waals surface area contributed by atoms with E-state index in [9.17, 15) is 0 Å². The van der Waals surface area contributed by atoms with Gasteiger partial charge in [0.1, 0.15) is 0 Å². The lowest BCUT2D eigenvalue weighted by molar-refractivity contribution is 0.181. The molecule has 3 heteroatoms. The Hall–Kier alpha value is 0.137. The van der Waals surface area contributed by atoms with Gasteiger partial charge in [-0.3, -0.25) is 0 Å². The first-order valence-electron chi connectivity index (χ1n) is 11.5. The van der Waals surface area contributed by atoms with Gasteiger partial charge in [0.15, 0.2) is 0 Å². The molecule has 25 heavy (non-hydrogen) atoms. The molecule has 0 saturated carbocycles. The van der Waals surface area contributed by atoms with E-state index >= 15 is 0 Å². The van der Waals surface area contributed by atoms with Crippen molar-refractivity contribution < 1.29 is 8.85 Å². The Balaban J connectivity index is 3.56. The molecule has 2 nitrogen and oxygen atoms in total. The smallest absolute Gasteiger partial charge is 0.338 e. The zero-order valence-corrected chi connectivity index (χ0v) is 19.0. The van der Waals surface area contributed by atoms with Gasteiger partial charge in [-0.05, 0) is 25.9 Å². The fraction of sp³-hybridized carbons (Fsp3) is 1.00. The molecule has 0 rings (SSSR count). The summed E-state index contributed by atoms with van der Waals surface area (Å²) in [5.74, 6) is 0. The molecule has 0 aromatic carbocycles. The van der Waals surface area contributed by atoms with Gasteiger partial charge in [-0.1, -0.05) is 104 Å². The van der Waals surface area contributed by atoms with Gasteiger partial charge in [0, 0.05) is 13.2 Å². The second kappa shape index (κ2) is 18.9. The van der Waals surface area contributed by atoms with E-state index in [1.807, 2.05) is 0 Å². The predicted octanol–water partition coefficient (Wildman–Crippen LogP) is 8.00. The van der Waals surface area contributed by atoms with Gasteiger partial charge in [0.25, 0.3) is 0 Å². The fourth-order valence-electron chi connectivity index (χ4n) is 3.77. The van der Waals surface area contributed by atoms with Gasteiger partial charge < -0.3 is 8.85 Å². The summed E-state index contributed by atoms with van der Waals surface area (Å²) in [6.45, 7) is 10.4. The molecule has 0 aliphatic rings. The van der Waals surface area contributed by atoms with Crippen molar-refractivity contribution >= 4 is 8.56 Å². The summed E-state index contributed by atoms with van der Waals surface area (Å²) in [6, 6.07) is 2.35. The van der Waals surface area contributed by atoms with Crippen LogP contribution < -0.4 is 0 Å². The summed E-state index contributed by atoms with van der Waals surface area (Å²) in [5, 5.41) is 0. The maximum absolute atomic E-state index is 6.13. The highest BCUT2D eigenvalue weighted by Crippen LogP contribution is 2.24. The molecular formula is C22H48O2Si. The molecule has 0 aromatic rings. The zero-order valence-electron chi connectivity index (χ0n) is 18.0. The first-order valence-corrected chi connectivity index (χ1v) is 13.8. The van der Waals surface area contributed by atoms with E-state index in [-0.39, 0.29) is 0 Å². The van der Waals surface area contributed by atoms with Crippen LogP contribution in [-0.2, 0) is 8.85 Å². The second-order valence-corrected chi connectivity index (χ2v) is 10.9. The fourth-order valence-corrected chi connectivity index (χ4v) is 7.29. The van der Waals surface area contributed by atoms with Crippen LogP contribution in [-0.4, -0.2) is 21.8 Å². The number of hydrogen-bond donors (Lipinski definition) is 0. The molecule has 0 fully saturated rings. The number of rotatable bonds is 20. The topological polar surface area (TPSA) is 18.5 Å². The second-order valence-electron chi connectivity index (χ2n) is 7.52. The molecule has 0 heterocycles. The van der Waals surface area contributed by atoms with Gasteiger partial charge in [-0.25, -0.2) is 0 Å². The molecule has 0 amide bonds. The van der Waals surface area contributed by atoms with Gasteiger partial charge in [0.05, 0.1) is 0 Å². The highest BCUT2D eigenvalue weighted by atomic mass is 28.4. The van der Waals surface area contributed by atoms with E-state index < -0.39 is 8.56 Å². The largest absolute Gasteiger partial charge is 0.394 e. The summed E-state index contributed by atoms with van der Waals surface area (Å²) in [4.78, 5) is 0. The average molecular weight is 373 g/mol. The molecule has 0 unspecified atom stereocenters. The molecule has 0 bridgehead atoms. The third kappa shape index (κ3) is 14.9. The van der Waals surface area contributed by atoms with E-state index in [1.54, 1.807) is 0 Å². The molecule has 0 radical (unpaired) electrons. The minimum Gasteiger partial charge on any atom is -0.394 e. The summed E-state index contributed by atoms with van der Waals surface area (Å²) in [6.07, 6.45) is 19.6. The Morgan fingerprint density at radius 3 is 1.20 bits per heavy atom. The normalized spacial score (nSPS) is 12.0. The molecule has 0 aliphatic heterocycles. The first-order chi connectivity index (χ1) is 12.2. The first kappa shape index (κ1) is 25.1. The van der Waals surface area contributed by atoms with E-state index in [2.05, 4.69) is 27.7 Å². The van der Waals surface area contributed by atoms with Crippen molar-refractivity contribution in [3.63, 3.8) is 0 Å². The molecule has 0 spiro atoms. The maximum Gasteiger partial charge on any atom is 0.338 e. The van der Waals surface area contributed by atoms with Gasteiger partial charge >= 0.3 is 8.56 Å². The van der Waals surface area contributed by atoms with Gasteiger partial charge in [-0.15, -0.1) is 0 Å². The third-order valence-corrected chi connectivity index (χ3v) is 9.11. The van der Waals surface area contributed by atoms with Crippen molar-refractivity contribution in [3.8, 4) is 0 Å². The van der Waals surface area contributed by atoms with E-state index in [0.717, 1.165) is 19.3 Å². The highest BCUT2D eigenvalue weighted by Gasteiger charge is 2.35. The van der Waals surface area contributed by atoms with Crippen molar-refractivity contribution in [2.75, 3.05) is 13.2 Å². The van der Waals surface area contributed by atoms with Crippen LogP contribution in [0.2, 0.25) is 12.1 Å². The Bertz CT molecular complexity index is 241. The summed E-state index contributed by atoms with van der Waals surface area (Å²) >= 11 is 0. The molecule has 152 valence electrons. The molecule has 0 saturated heterocycles. The minimum absolute atomic E-state index is 0.810. The molecule has 0 atom stereocenters. The Kier molecular flexibility index (Phi) is 19.0. The van der Waals surface area contributed by atoms with Crippen LogP contribution >= 0.6 is 0 Å². The van der Waals surface area contributed by atoms with Crippen LogP contribution in [0.15, 0.2) is 0 Å². The monoisotopic (exact) mass is 372 g/mol. The van der Waals surface area contributed by atoms with Crippen LogP contribution in [0.3, 0.4) is 0 Å². The Morgan fingerprint density at radius 1 is 0.440 bits per heavy atom. The Morgan fingerprint density at radius 2 is 0.840 bits per heavy atom. The zero-order chi connectivity index (χ0) is 18.6. The van der Waals surface area contributed by atoms with Crippen LogP contribution in [0.4, 0.5) is 0 Å². The number of unbranched alkanes of at least 4 members (excludes halogenated alkanes) is 12. The van der Waals surface area contributed by atoms with Crippen LogP contribution in [0.1, 0.15) is 118 Å². The molecule has 0 aliphatic carbocycles. The summed E-state index contributed by atoms with van der Waals surface area (Å²) in [5.41, 5.74) is 0. The van der Waals surface area contributed by atoms with Crippen LogP contribution in [0.5, 0.6) is 0 Å². The van der Waals surface area contributed by atoms with Crippen molar-refractivity contribution in [1.29, 1.82) is 0 Å². The van der Waals surface area contributed by atoms with Crippen LogP contribution in [0.25, 0.3) is 0 Å². The maximum atomic E-state index is 6.13. The highest BCUT2D eigenvalue weighted by molar-refractivity contribution is 6.67. The predicted molar refractivity (Wildman–Crippen MR) is 115 cm³/mol. The molecule has 0 aromatic heterocycles. The van der Waals surface area contributed by atoms with E-state index in [1.165, 1.54) is 95.9 Å². The molecule has 0 N–H and O–H groups in total. The van der Waals surface area contributed by atoms with Crippen molar-refractivity contribution in [2.45, 2.75) is 130 Å². The summed E-state index contributed by atoms with van der Waals surface area (Å²) in [7, 11) is -1.90. The van der Waals surface area contributed by atoms with Gasteiger partial charge in [0.2, 0.25) is 0 Å². The minimum atomic E-state index is -1.90. The lowest BCUT2D eigenvalue weighted by Gasteiger charge is -2.29. The van der Waals surface area contributed by atoms with Crippen molar-refractivity contribution in [1.82, 2.24) is 0 Å². The lowest BCUT2D eigenvalue weighted by atomic mass is 10.1. The third-order valence-electron chi connectivity index (χ3n) is 5.11. The quantitative estimate of drug-likeness (QED) is 0.159. The van der Waals surface area contributed by atoms with E-state index in [0.29, 0.717) is 0 Å². The van der Waals surface area contributed by atoms with Crippen molar-refractivity contribution in [3.05, 3.63) is 0 Å². The number of hydrogen-bond acceptors (Lipinski definition) is 2. The standard InChI is InChI=1S/C22H48O2Si/c1-5-9-10-11-12-13-14-15-16-17-18-19-20-22-25(21-6-2,23-7-3)24-8-4/h5-22H2,1-4H3. The lowest BCUT2D eigenvalue weighted by Crippen LogP contribution is -2.42. The summed E-state index contributed by atoms with van der Waals surface area (Å²) < 4.78 is 12.3. The average Bonchev–Trinajstić information content (AvgIpc) is 2.60. The van der Waals surface area contributed by atoms with Crippen molar-refractivity contribution in [2.24, 2.45) is 0 Å². The SMILES string of the molecule is CCCCCCCCCCCCCCC[Si](CCC)(OCC)OCC. The van der Waals surface area contributed by atoms with Crippen LogP contribution in [0, 0.1) is 0 Å². The Labute approximate surface area is 160 Å². The van der Waals surface area contributed by atoms with Gasteiger partial charge in [-0.2, -0.15) is 0 Å². The molecular weight excluding hydrogens is 324 g/mol.